The van der Waals surface area contributed by atoms with Crippen LogP contribution in [0.4, 0.5) is 30.6 Å². The lowest BCUT2D eigenvalue weighted by Gasteiger charge is -2.26. The van der Waals surface area contributed by atoms with Gasteiger partial charge in [-0.3, -0.25) is 9.48 Å². The molecule has 2 aromatic heterocycles. The minimum atomic E-state index is -4.60. The number of aromatic nitrogens is 4. The van der Waals surface area contributed by atoms with Crippen molar-refractivity contribution in [2.45, 2.75) is 38.8 Å². The Bertz CT molecular complexity index is 901. The second kappa shape index (κ2) is 9.84. The van der Waals surface area contributed by atoms with E-state index >= 15 is 0 Å². The van der Waals surface area contributed by atoms with Crippen molar-refractivity contribution >= 4 is 23.4 Å². The summed E-state index contributed by atoms with van der Waals surface area (Å²) in [7, 11) is 1.70. The monoisotopic (exact) mass is 441 g/mol. The van der Waals surface area contributed by atoms with E-state index in [1.807, 2.05) is 0 Å². The van der Waals surface area contributed by atoms with Crippen molar-refractivity contribution in [2.24, 2.45) is 7.05 Å². The first-order chi connectivity index (χ1) is 14.8. The fraction of sp³-hybridized carbons (Fsp3) is 0.579. The van der Waals surface area contributed by atoms with Crippen LogP contribution in [-0.4, -0.2) is 56.8 Å². The minimum absolute atomic E-state index is 0.0179. The Hall–Kier alpha value is -3.05. The molecule has 12 heteroatoms. The molecule has 1 aliphatic heterocycles. The number of carbonyl (C=O) groups is 1. The average molecular weight is 441 g/mol. The number of rotatable bonds is 9. The number of piperidine rings is 1. The van der Waals surface area contributed by atoms with Crippen LogP contribution < -0.4 is 15.4 Å². The predicted molar refractivity (Wildman–Crippen MR) is 108 cm³/mol. The number of halogens is 3. The summed E-state index contributed by atoms with van der Waals surface area (Å²) in [4.78, 5) is 21.4. The molecule has 0 saturated carbocycles. The molecule has 0 unspecified atom stereocenters. The zero-order valence-corrected chi connectivity index (χ0v) is 17.5. The summed E-state index contributed by atoms with van der Waals surface area (Å²) in [6.07, 6.45) is 0.640. The molecule has 0 radical (unpaired) electrons. The van der Waals surface area contributed by atoms with Crippen molar-refractivity contribution in [1.29, 1.82) is 0 Å². The summed E-state index contributed by atoms with van der Waals surface area (Å²) in [5, 5.41) is 9.73. The van der Waals surface area contributed by atoms with Crippen molar-refractivity contribution in [3.05, 3.63) is 18.0 Å². The molecule has 3 rings (SSSR count). The molecule has 2 N–H and O–H groups in total. The molecule has 0 bridgehead atoms. The Labute approximate surface area is 178 Å². The van der Waals surface area contributed by atoms with Crippen molar-refractivity contribution < 1.29 is 22.7 Å². The van der Waals surface area contributed by atoms with Crippen LogP contribution in [0.1, 0.15) is 38.2 Å². The van der Waals surface area contributed by atoms with E-state index in [4.69, 9.17) is 4.74 Å². The third kappa shape index (κ3) is 5.98. The van der Waals surface area contributed by atoms with Crippen molar-refractivity contribution in [3.63, 3.8) is 0 Å². The molecular formula is C19H26F3N7O2. The molecule has 31 heavy (non-hydrogen) atoms. The first kappa shape index (κ1) is 22.6. The lowest BCUT2D eigenvalue weighted by Crippen LogP contribution is -2.36. The number of ether oxygens (including phenoxy) is 1. The summed E-state index contributed by atoms with van der Waals surface area (Å²) >= 11 is 0. The highest BCUT2D eigenvalue weighted by atomic mass is 19.4. The van der Waals surface area contributed by atoms with Crippen molar-refractivity contribution in [2.75, 3.05) is 36.9 Å². The number of amides is 1. The third-order valence-corrected chi connectivity index (χ3v) is 4.74. The second-order valence-electron chi connectivity index (χ2n) is 7.15. The van der Waals surface area contributed by atoms with E-state index in [0.29, 0.717) is 44.1 Å². The largest absolute Gasteiger partial charge is 0.475 e. The van der Waals surface area contributed by atoms with Crippen LogP contribution >= 0.6 is 0 Å². The molecule has 1 aliphatic rings. The molecule has 1 saturated heterocycles. The molecule has 0 aliphatic carbocycles. The SMILES string of the molecule is CCOc1nn(C)cc1Nc1ncc(C(F)(F)F)c(NCCCN2CCCCC2=O)n1. The molecular weight excluding hydrogens is 415 g/mol. The van der Waals surface area contributed by atoms with Gasteiger partial charge in [0.25, 0.3) is 5.88 Å². The molecule has 1 amide bonds. The number of anilines is 3. The first-order valence-corrected chi connectivity index (χ1v) is 10.2. The van der Waals surface area contributed by atoms with E-state index in [1.54, 1.807) is 25.1 Å². The number of nitrogens with zero attached hydrogens (tertiary/aromatic N) is 5. The van der Waals surface area contributed by atoms with Crippen LogP contribution in [0.15, 0.2) is 12.4 Å². The standard InChI is InChI=1S/C19H26F3N7O2/c1-3-31-17-14(12-28(2)27-17)25-18-24-11-13(19(20,21)22)16(26-18)23-8-6-10-29-9-5-4-7-15(29)30/h11-12H,3-10H2,1-2H3,(H2,23,24,25,26). The van der Waals surface area contributed by atoms with Gasteiger partial charge in [0.15, 0.2) is 0 Å². The number of hydrogen-bond acceptors (Lipinski definition) is 7. The maximum atomic E-state index is 13.4. The number of aryl methyl sites for hydroxylation is 1. The molecule has 3 heterocycles. The van der Waals surface area contributed by atoms with Gasteiger partial charge in [-0.1, -0.05) is 0 Å². The van der Waals surface area contributed by atoms with E-state index < -0.39 is 11.7 Å². The van der Waals surface area contributed by atoms with Gasteiger partial charge in [-0.05, 0) is 26.2 Å². The zero-order chi connectivity index (χ0) is 22.4. The fourth-order valence-electron chi connectivity index (χ4n) is 3.28. The average Bonchev–Trinajstić information content (AvgIpc) is 3.05. The van der Waals surface area contributed by atoms with Gasteiger partial charge in [-0.15, -0.1) is 5.10 Å². The topological polar surface area (TPSA) is 97.2 Å². The Kier molecular flexibility index (Phi) is 7.18. The molecule has 170 valence electrons. The van der Waals surface area contributed by atoms with Crippen molar-refractivity contribution in [1.82, 2.24) is 24.6 Å². The molecule has 9 nitrogen and oxygen atoms in total. The third-order valence-electron chi connectivity index (χ3n) is 4.74. The maximum Gasteiger partial charge on any atom is 0.421 e. The summed E-state index contributed by atoms with van der Waals surface area (Å²) in [5.41, 5.74) is -0.512. The minimum Gasteiger partial charge on any atom is -0.475 e. The zero-order valence-electron chi connectivity index (χ0n) is 17.5. The molecule has 2 aromatic rings. The van der Waals surface area contributed by atoms with Crippen LogP contribution in [0.25, 0.3) is 0 Å². The van der Waals surface area contributed by atoms with Gasteiger partial charge in [0.1, 0.15) is 17.1 Å². The number of hydrogen-bond donors (Lipinski definition) is 2. The van der Waals surface area contributed by atoms with Gasteiger partial charge in [0.05, 0.1) is 12.8 Å². The van der Waals surface area contributed by atoms with E-state index in [0.717, 1.165) is 19.0 Å². The fourth-order valence-corrected chi connectivity index (χ4v) is 3.28. The molecule has 0 aromatic carbocycles. The van der Waals surface area contributed by atoms with E-state index in [2.05, 4.69) is 25.7 Å². The highest BCUT2D eigenvalue weighted by Crippen LogP contribution is 2.34. The van der Waals surface area contributed by atoms with Gasteiger partial charge in [-0.25, -0.2) is 4.98 Å². The number of carbonyl (C=O) groups excluding carboxylic acids is 1. The summed E-state index contributed by atoms with van der Waals surface area (Å²) in [6.45, 7) is 3.61. The van der Waals surface area contributed by atoms with Crippen LogP contribution in [0.3, 0.4) is 0 Å². The van der Waals surface area contributed by atoms with Gasteiger partial charge >= 0.3 is 6.18 Å². The molecule has 0 atom stereocenters. The Balaban J connectivity index is 1.69. The van der Waals surface area contributed by atoms with E-state index in [1.165, 1.54) is 4.68 Å². The Morgan fingerprint density at radius 1 is 1.29 bits per heavy atom. The summed E-state index contributed by atoms with van der Waals surface area (Å²) < 4.78 is 47.1. The highest BCUT2D eigenvalue weighted by molar-refractivity contribution is 5.76. The Morgan fingerprint density at radius 3 is 2.81 bits per heavy atom. The van der Waals surface area contributed by atoms with Gasteiger partial charge in [-0.2, -0.15) is 18.2 Å². The summed E-state index contributed by atoms with van der Waals surface area (Å²) in [6, 6.07) is 0. The number of likely N-dealkylation sites (tertiary alicyclic amines) is 1. The van der Waals surface area contributed by atoms with Crippen LogP contribution in [0, 0.1) is 0 Å². The van der Waals surface area contributed by atoms with Gasteiger partial charge in [0, 0.05) is 39.3 Å². The lowest BCUT2D eigenvalue weighted by atomic mass is 10.1. The van der Waals surface area contributed by atoms with E-state index in [9.17, 15) is 18.0 Å². The lowest BCUT2D eigenvalue weighted by molar-refractivity contribution is -0.137. The normalized spacial score (nSPS) is 14.6. The quantitative estimate of drug-likeness (QED) is 0.577. The molecule has 1 fully saturated rings. The number of nitrogens with one attached hydrogen (secondary N) is 2. The van der Waals surface area contributed by atoms with Crippen LogP contribution in [0.2, 0.25) is 0 Å². The molecule has 0 spiro atoms. The van der Waals surface area contributed by atoms with Crippen LogP contribution in [-0.2, 0) is 18.0 Å². The van der Waals surface area contributed by atoms with Crippen molar-refractivity contribution in [3.8, 4) is 5.88 Å². The second-order valence-corrected chi connectivity index (χ2v) is 7.15. The summed E-state index contributed by atoms with van der Waals surface area (Å²) in [5.74, 6) is 0.0546. The van der Waals surface area contributed by atoms with Gasteiger partial charge in [0.2, 0.25) is 11.9 Å². The Morgan fingerprint density at radius 2 is 2.10 bits per heavy atom. The van der Waals surface area contributed by atoms with Crippen LogP contribution in [0.5, 0.6) is 5.88 Å². The van der Waals surface area contributed by atoms with E-state index in [-0.39, 0.29) is 24.2 Å². The smallest absolute Gasteiger partial charge is 0.421 e. The maximum absolute atomic E-state index is 13.4. The highest BCUT2D eigenvalue weighted by Gasteiger charge is 2.35. The number of alkyl halides is 3. The first-order valence-electron chi connectivity index (χ1n) is 10.2. The van der Waals surface area contributed by atoms with Gasteiger partial charge < -0.3 is 20.3 Å². The predicted octanol–water partition coefficient (Wildman–Crippen LogP) is 3.19.